The van der Waals surface area contributed by atoms with Gasteiger partial charge in [0.25, 0.3) is 0 Å². The Labute approximate surface area is 146 Å². The van der Waals surface area contributed by atoms with Crippen LogP contribution in [0.2, 0.25) is 0 Å². The highest BCUT2D eigenvalue weighted by Crippen LogP contribution is 2.22. The summed E-state index contributed by atoms with van der Waals surface area (Å²) in [6, 6.07) is 5.97. The molecule has 3 rings (SSSR count). The molecular formula is C17H20N4S2. The number of anilines is 1. The quantitative estimate of drug-likeness (QED) is 0.622. The van der Waals surface area contributed by atoms with E-state index in [4.69, 9.17) is 12.2 Å². The normalized spacial score (nSPS) is 14.2. The molecule has 23 heavy (non-hydrogen) atoms. The number of thiophene rings is 1. The van der Waals surface area contributed by atoms with Crippen molar-refractivity contribution in [3.8, 4) is 10.6 Å². The highest BCUT2D eigenvalue weighted by atomic mass is 32.1. The van der Waals surface area contributed by atoms with Gasteiger partial charge in [0, 0.05) is 12.7 Å². The molecule has 0 radical (unpaired) electrons. The van der Waals surface area contributed by atoms with Gasteiger partial charge in [-0.15, -0.1) is 11.3 Å². The fraction of sp³-hybridized carbons (Fsp3) is 0.353. The van der Waals surface area contributed by atoms with Gasteiger partial charge in [0.1, 0.15) is 0 Å². The summed E-state index contributed by atoms with van der Waals surface area (Å²) in [6.45, 7) is 0.849. The van der Waals surface area contributed by atoms with E-state index in [0.717, 1.165) is 23.5 Å². The van der Waals surface area contributed by atoms with Crippen molar-refractivity contribution >= 4 is 34.6 Å². The van der Waals surface area contributed by atoms with Crippen molar-refractivity contribution < 1.29 is 0 Å². The van der Waals surface area contributed by atoms with Crippen molar-refractivity contribution in [2.75, 3.05) is 11.9 Å². The van der Waals surface area contributed by atoms with E-state index in [1.54, 1.807) is 23.1 Å². The van der Waals surface area contributed by atoms with Crippen LogP contribution in [0.3, 0.4) is 0 Å². The van der Waals surface area contributed by atoms with Gasteiger partial charge in [-0.3, -0.25) is 0 Å². The molecule has 0 saturated carbocycles. The number of aromatic nitrogens is 2. The van der Waals surface area contributed by atoms with E-state index in [1.807, 2.05) is 23.6 Å². The SMILES string of the molecule is S=C(NCCC1=CCCCC1)Nc1nccc(-c2cccs2)n1. The molecule has 2 N–H and O–H groups in total. The Morgan fingerprint density at radius 2 is 2.26 bits per heavy atom. The van der Waals surface area contributed by atoms with Crippen molar-refractivity contribution in [1.82, 2.24) is 15.3 Å². The van der Waals surface area contributed by atoms with Crippen LogP contribution in [0.25, 0.3) is 10.6 Å². The molecule has 0 fully saturated rings. The lowest BCUT2D eigenvalue weighted by molar-refractivity contribution is 0.669. The molecule has 2 aromatic rings. The van der Waals surface area contributed by atoms with Crippen molar-refractivity contribution in [2.45, 2.75) is 32.1 Å². The molecule has 6 heteroatoms. The smallest absolute Gasteiger partial charge is 0.229 e. The molecule has 2 aromatic heterocycles. The Balaban J connectivity index is 1.50. The predicted molar refractivity (Wildman–Crippen MR) is 101 cm³/mol. The molecule has 0 spiro atoms. The fourth-order valence-corrected chi connectivity index (χ4v) is 3.48. The molecule has 0 saturated heterocycles. The van der Waals surface area contributed by atoms with Crippen LogP contribution >= 0.6 is 23.6 Å². The van der Waals surface area contributed by atoms with Gasteiger partial charge in [0.15, 0.2) is 5.11 Å². The summed E-state index contributed by atoms with van der Waals surface area (Å²) in [5.74, 6) is 0.533. The summed E-state index contributed by atoms with van der Waals surface area (Å²) in [4.78, 5) is 9.86. The zero-order valence-corrected chi connectivity index (χ0v) is 14.6. The van der Waals surface area contributed by atoms with Gasteiger partial charge in [-0.05, 0) is 61.8 Å². The van der Waals surface area contributed by atoms with Crippen LogP contribution in [0.5, 0.6) is 0 Å². The molecule has 120 valence electrons. The predicted octanol–water partition coefficient (Wildman–Crippen LogP) is 4.38. The standard InChI is InChI=1S/C17H20N4S2/c22-17(19-10-8-13-5-2-1-3-6-13)21-16-18-11-9-14(20-16)15-7-4-12-23-15/h4-5,7,9,11-12H,1-3,6,8,10H2,(H2,18,19,20,21,22). The summed E-state index contributed by atoms with van der Waals surface area (Å²) in [6.07, 6.45) is 10.3. The van der Waals surface area contributed by atoms with Crippen LogP contribution in [0.4, 0.5) is 5.95 Å². The number of nitrogens with one attached hydrogen (secondary N) is 2. The van der Waals surface area contributed by atoms with Gasteiger partial charge in [0.05, 0.1) is 10.6 Å². The van der Waals surface area contributed by atoms with Crippen LogP contribution in [0.1, 0.15) is 32.1 Å². The Bertz CT molecular complexity index is 680. The summed E-state index contributed by atoms with van der Waals surface area (Å²) < 4.78 is 0. The van der Waals surface area contributed by atoms with Crippen LogP contribution in [-0.4, -0.2) is 21.6 Å². The van der Waals surface area contributed by atoms with E-state index in [0.29, 0.717) is 11.1 Å². The van der Waals surface area contributed by atoms with E-state index in [9.17, 15) is 0 Å². The Hall–Kier alpha value is -1.79. The van der Waals surface area contributed by atoms with E-state index in [-0.39, 0.29) is 0 Å². The van der Waals surface area contributed by atoms with Crippen LogP contribution in [0, 0.1) is 0 Å². The fourth-order valence-electron chi connectivity index (χ4n) is 2.59. The van der Waals surface area contributed by atoms with Gasteiger partial charge in [0.2, 0.25) is 5.95 Å². The number of thiocarbonyl (C=S) groups is 1. The highest BCUT2D eigenvalue weighted by molar-refractivity contribution is 7.80. The first kappa shape index (κ1) is 16.1. The molecule has 0 aromatic carbocycles. The van der Waals surface area contributed by atoms with Crippen LogP contribution in [-0.2, 0) is 0 Å². The van der Waals surface area contributed by atoms with Crippen molar-refractivity contribution in [1.29, 1.82) is 0 Å². The largest absolute Gasteiger partial charge is 0.362 e. The second-order valence-electron chi connectivity index (χ2n) is 5.48. The first-order chi connectivity index (χ1) is 11.3. The third-order valence-electron chi connectivity index (χ3n) is 3.77. The van der Waals surface area contributed by atoms with E-state index >= 15 is 0 Å². The molecular weight excluding hydrogens is 324 g/mol. The van der Waals surface area contributed by atoms with E-state index < -0.39 is 0 Å². The van der Waals surface area contributed by atoms with E-state index in [2.05, 4.69) is 26.7 Å². The highest BCUT2D eigenvalue weighted by Gasteiger charge is 2.06. The van der Waals surface area contributed by atoms with Gasteiger partial charge >= 0.3 is 0 Å². The van der Waals surface area contributed by atoms with E-state index in [1.165, 1.54) is 25.7 Å². The summed E-state index contributed by atoms with van der Waals surface area (Å²) in [5.41, 5.74) is 2.45. The first-order valence-electron chi connectivity index (χ1n) is 7.91. The van der Waals surface area contributed by atoms with Gasteiger partial charge in [-0.2, -0.15) is 0 Å². The average Bonchev–Trinajstić information content (AvgIpc) is 3.11. The monoisotopic (exact) mass is 344 g/mol. The zero-order chi connectivity index (χ0) is 15.9. The second kappa shape index (κ2) is 8.17. The first-order valence-corrected chi connectivity index (χ1v) is 9.20. The van der Waals surface area contributed by atoms with Crippen LogP contribution < -0.4 is 10.6 Å². The summed E-state index contributed by atoms with van der Waals surface area (Å²) in [7, 11) is 0. The Kier molecular flexibility index (Phi) is 5.71. The topological polar surface area (TPSA) is 49.8 Å². The zero-order valence-electron chi connectivity index (χ0n) is 12.9. The Morgan fingerprint density at radius 3 is 3.04 bits per heavy atom. The summed E-state index contributed by atoms with van der Waals surface area (Å²) in [5, 5.41) is 8.91. The minimum Gasteiger partial charge on any atom is -0.362 e. The molecule has 4 nitrogen and oxygen atoms in total. The number of hydrogen-bond acceptors (Lipinski definition) is 4. The van der Waals surface area contributed by atoms with Crippen LogP contribution in [0.15, 0.2) is 41.4 Å². The molecule has 2 heterocycles. The van der Waals surface area contributed by atoms with Gasteiger partial charge in [-0.25, -0.2) is 9.97 Å². The van der Waals surface area contributed by atoms with Gasteiger partial charge < -0.3 is 10.6 Å². The van der Waals surface area contributed by atoms with Crippen molar-refractivity contribution in [2.24, 2.45) is 0 Å². The minimum absolute atomic E-state index is 0.533. The summed E-state index contributed by atoms with van der Waals surface area (Å²) >= 11 is 6.99. The number of rotatable bonds is 5. The van der Waals surface area contributed by atoms with Crippen molar-refractivity contribution in [3.05, 3.63) is 41.4 Å². The second-order valence-corrected chi connectivity index (χ2v) is 6.84. The molecule has 0 unspecified atom stereocenters. The molecule has 1 aliphatic carbocycles. The lowest BCUT2D eigenvalue weighted by Crippen LogP contribution is -2.30. The lowest BCUT2D eigenvalue weighted by Gasteiger charge is -2.14. The number of hydrogen-bond donors (Lipinski definition) is 2. The maximum Gasteiger partial charge on any atom is 0.229 e. The Morgan fingerprint density at radius 1 is 1.30 bits per heavy atom. The van der Waals surface area contributed by atoms with Crippen molar-refractivity contribution in [3.63, 3.8) is 0 Å². The maximum absolute atomic E-state index is 5.33. The maximum atomic E-state index is 5.33. The minimum atomic E-state index is 0.533. The lowest BCUT2D eigenvalue weighted by atomic mass is 9.97. The molecule has 0 atom stereocenters. The number of nitrogens with zero attached hydrogens (tertiary/aromatic N) is 2. The molecule has 0 bridgehead atoms. The number of allylic oxidation sites excluding steroid dienone is 1. The molecule has 0 amide bonds. The third-order valence-corrected chi connectivity index (χ3v) is 4.91. The van der Waals surface area contributed by atoms with Gasteiger partial charge in [-0.1, -0.05) is 17.7 Å². The average molecular weight is 345 g/mol. The molecule has 1 aliphatic rings. The molecule has 0 aliphatic heterocycles. The third kappa shape index (κ3) is 4.84.